The van der Waals surface area contributed by atoms with Crippen molar-refractivity contribution >= 4 is 41.1 Å². The normalized spacial score (nSPS) is 19.1. The highest BCUT2D eigenvalue weighted by Crippen LogP contribution is 2.27. The maximum absolute atomic E-state index is 13.3. The molecule has 3 N–H and O–H groups in total. The standard InChI is InChI=1S/C35H47N5O6/c1-21(2)23(5)33(43)39-19-7-9-28(39)31(41)36-26-15-11-24(12-16-26)25-13-17-27(18-14-25)37-32(42)29-10-8-20-40(29)34(44)30(22(3)4)38-35(45)46-6/h11-18,21-23,28-30H,7-10,19-20H2,1-6H3,(H,36,41)(H,37,42)(H,38,45)/t23-,28+,29+,30-/m1/s1. The Bertz CT molecular complexity index is 1410. The summed E-state index contributed by atoms with van der Waals surface area (Å²) in [5, 5.41) is 8.50. The van der Waals surface area contributed by atoms with E-state index in [0.717, 1.165) is 17.5 Å². The predicted molar refractivity (Wildman–Crippen MR) is 177 cm³/mol. The van der Waals surface area contributed by atoms with E-state index in [1.165, 1.54) is 7.11 Å². The zero-order valence-electron chi connectivity index (χ0n) is 27.7. The molecule has 248 valence electrons. The Kier molecular flexibility index (Phi) is 11.4. The lowest BCUT2D eigenvalue weighted by Gasteiger charge is -2.30. The van der Waals surface area contributed by atoms with E-state index in [0.29, 0.717) is 43.7 Å². The highest BCUT2D eigenvalue weighted by molar-refractivity contribution is 5.99. The van der Waals surface area contributed by atoms with Crippen LogP contribution in [0.2, 0.25) is 0 Å². The zero-order valence-corrected chi connectivity index (χ0v) is 27.7. The van der Waals surface area contributed by atoms with Crippen LogP contribution < -0.4 is 16.0 Å². The van der Waals surface area contributed by atoms with Gasteiger partial charge in [-0.25, -0.2) is 4.79 Å². The van der Waals surface area contributed by atoms with Gasteiger partial charge in [-0.1, -0.05) is 58.9 Å². The molecule has 2 aromatic rings. The molecule has 2 fully saturated rings. The van der Waals surface area contributed by atoms with Crippen LogP contribution in [0, 0.1) is 17.8 Å². The number of ether oxygens (including phenoxy) is 1. The van der Waals surface area contributed by atoms with Crippen LogP contribution in [0.1, 0.15) is 60.3 Å². The molecule has 2 aromatic carbocycles. The van der Waals surface area contributed by atoms with Gasteiger partial charge in [0.25, 0.3) is 0 Å². The lowest BCUT2D eigenvalue weighted by molar-refractivity contribution is -0.140. The highest BCUT2D eigenvalue weighted by atomic mass is 16.5. The third kappa shape index (κ3) is 8.05. The molecule has 2 heterocycles. The van der Waals surface area contributed by atoms with E-state index in [2.05, 4.69) is 20.7 Å². The smallest absolute Gasteiger partial charge is 0.407 e. The Morgan fingerprint density at radius 1 is 0.674 bits per heavy atom. The average molecular weight is 634 g/mol. The maximum atomic E-state index is 13.3. The molecule has 0 bridgehead atoms. The molecule has 0 spiro atoms. The van der Waals surface area contributed by atoms with Crippen molar-refractivity contribution in [2.24, 2.45) is 17.8 Å². The molecule has 0 aromatic heterocycles. The fraction of sp³-hybridized carbons (Fsp3) is 0.514. The molecular formula is C35H47N5O6. The molecule has 2 aliphatic rings. The quantitative estimate of drug-likeness (QED) is 0.341. The zero-order chi connectivity index (χ0) is 33.5. The number of benzene rings is 2. The second kappa shape index (κ2) is 15.2. The second-order valence-electron chi connectivity index (χ2n) is 12.9. The van der Waals surface area contributed by atoms with Crippen molar-refractivity contribution in [3.8, 4) is 11.1 Å². The molecule has 2 saturated heterocycles. The van der Waals surface area contributed by atoms with Crippen molar-refractivity contribution in [1.29, 1.82) is 0 Å². The van der Waals surface area contributed by atoms with E-state index in [1.54, 1.807) is 9.80 Å². The van der Waals surface area contributed by atoms with Crippen LogP contribution in [0.3, 0.4) is 0 Å². The summed E-state index contributed by atoms with van der Waals surface area (Å²) in [6.07, 6.45) is 2.01. The van der Waals surface area contributed by atoms with Gasteiger partial charge >= 0.3 is 6.09 Å². The first-order valence-electron chi connectivity index (χ1n) is 16.2. The number of methoxy groups -OCH3 is 1. The molecule has 11 nitrogen and oxygen atoms in total. The van der Waals surface area contributed by atoms with Gasteiger partial charge in [-0.3, -0.25) is 19.2 Å². The lowest BCUT2D eigenvalue weighted by atomic mass is 9.96. The number of alkyl carbamates (subject to hydrolysis) is 1. The molecule has 46 heavy (non-hydrogen) atoms. The van der Waals surface area contributed by atoms with Gasteiger partial charge in [0.1, 0.15) is 18.1 Å². The van der Waals surface area contributed by atoms with Crippen LogP contribution in [-0.4, -0.2) is 77.8 Å². The Morgan fingerprint density at radius 2 is 1.11 bits per heavy atom. The molecule has 4 rings (SSSR count). The van der Waals surface area contributed by atoms with Gasteiger partial charge < -0.3 is 30.5 Å². The fourth-order valence-corrected chi connectivity index (χ4v) is 5.97. The number of anilines is 2. The summed E-state index contributed by atoms with van der Waals surface area (Å²) in [4.78, 5) is 67.6. The van der Waals surface area contributed by atoms with Gasteiger partial charge in [-0.2, -0.15) is 0 Å². The van der Waals surface area contributed by atoms with Gasteiger partial charge in [-0.15, -0.1) is 0 Å². The SMILES string of the molecule is COC(=O)N[C@@H](C(=O)N1CCC[C@H]1C(=O)Nc1ccc(-c2ccc(NC(=O)[C@@H]3CCCN3C(=O)[C@H](C)C(C)C)cc2)cc1)C(C)C. The number of hydrogen-bond donors (Lipinski definition) is 3. The Morgan fingerprint density at radius 3 is 1.50 bits per heavy atom. The van der Waals surface area contributed by atoms with Gasteiger partial charge in [0, 0.05) is 30.4 Å². The van der Waals surface area contributed by atoms with Crippen molar-refractivity contribution in [2.75, 3.05) is 30.8 Å². The van der Waals surface area contributed by atoms with Gasteiger partial charge in [0.05, 0.1) is 7.11 Å². The number of carbonyl (C=O) groups is 5. The van der Waals surface area contributed by atoms with Crippen LogP contribution in [0.4, 0.5) is 16.2 Å². The largest absolute Gasteiger partial charge is 0.453 e. The number of amides is 5. The van der Waals surface area contributed by atoms with Crippen molar-refractivity contribution in [3.63, 3.8) is 0 Å². The fourth-order valence-electron chi connectivity index (χ4n) is 5.97. The number of nitrogens with one attached hydrogen (secondary N) is 3. The van der Waals surface area contributed by atoms with Crippen molar-refractivity contribution in [3.05, 3.63) is 48.5 Å². The molecule has 2 aliphatic heterocycles. The second-order valence-corrected chi connectivity index (χ2v) is 12.9. The van der Waals surface area contributed by atoms with Gasteiger partial charge in [0.15, 0.2) is 0 Å². The van der Waals surface area contributed by atoms with Gasteiger partial charge in [-0.05, 0) is 72.9 Å². The summed E-state index contributed by atoms with van der Waals surface area (Å²) in [6.45, 7) is 10.7. The van der Waals surface area contributed by atoms with E-state index in [1.807, 2.05) is 83.1 Å². The van der Waals surface area contributed by atoms with E-state index in [-0.39, 0.29) is 41.4 Å². The van der Waals surface area contributed by atoms with Crippen LogP contribution in [0.15, 0.2) is 48.5 Å². The van der Waals surface area contributed by atoms with Crippen LogP contribution in [0.25, 0.3) is 11.1 Å². The Labute approximate surface area is 271 Å². The third-order valence-electron chi connectivity index (χ3n) is 9.10. The van der Waals surface area contributed by atoms with E-state index in [4.69, 9.17) is 0 Å². The molecule has 4 atom stereocenters. The van der Waals surface area contributed by atoms with Crippen LogP contribution in [-0.2, 0) is 23.9 Å². The number of nitrogens with zero attached hydrogens (tertiary/aromatic N) is 2. The molecule has 0 unspecified atom stereocenters. The summed E-state index contributed by atoms with van der Waals surface area (Å²) in [5.41, 5.74) is 3.13. The first-order valence-corrected chi connectivity index (χ1v) is 16.2. The van der Waals surface area contributed by atoms with Crippen molar-refractivity contribution < 1.29 is 28.7 Å². The predicted octanol–water partition coefficient (Wildman–Crippen LogP) is 4.89. The van der Waals surface area contributed by atoms with E-state index >= 15 is 0 Å². The molecule has 11 heteroatoms. The average Bonchev–Trinajstić information content (AvgIpc) is 3.74. The van der Waals surface area contributed by atoms with Gasteiger partial charge in [0.2, 0.25) is 23.6 Å². The first-order chi connectivity index (χ1) is 21.9. The summed E-state index contributed by atoms with van der Waals surface area (Å²) in [6, 6.07) is 13.0. The topological polar surface area (TPSA) is 137 Å². The van der Waals surface area contributed by atoms with Crippen LogP contribution in [0.5, 0.6) is 0 Å². The minimum Gasteiger partial charge on any atom is -0.453 e. The lowest BCUT2D eigenvalue weighted by Crippen LogP contribution is -2.54. The summed E-state index contributed by atoms with van der Waals surface area (Å²) >= 11 is 0. The van der Waals surface area contributed by atoms with Crippen molar-refractivity contribution in [2.45, 2.75) is 78.4 Å². The van der Waals surface area contributed by atoms with Crippen molar-refractivity contribution in [1.82, 2.24) is 15.1 Å². The Hall–Kier alpha value is -4.41. The minimum absolute atomic E-state index is 0.0318. The minimum atomic E-state index is -0.792. The number of likely N-dealkylation sites (tertiary alicyclic amines) is 2. The number of hydrogen-bond acceptors (Lipinski definition) is 6. The third-order valence-corrected chi connectivity index (χ3v) is 9.10. The summed E-state index contributed by atoms with van der Waals surface area (Å²) in [5.74, 6) is -0.818. The molecule has 5 amide bonds. The highest BCUT2D eigenvalue weighted by Gasteiger charge is 2.39. The van der Waals surface area contributed by atoms with Crippen LogP contribution >= 0.6 is 0 Å². The van der Waals surface area contributed by atoms with E-state index < -0.39 is 24.2 Å². The summed E-state index contributed by atoms with van der Waals surface area (Å²) in [7, 11) is 1.24. The molecular weight excluding hydrogens is 586 g/mol. The monoisotopic (exact) mass is 633 g/mol. The molecule has 0 radical (unpaired) electrons. The molecule has 0 aliphatic carbocycles. The number of rotatable bonds is 10. The Balaban J connectivity index is 1.35. The first kappa shape index (κ1) is 34.5. The number of carbonyl (C=O) groups excluding carboxylic acids is 5. The van der Waals surface area contributed by atoms with E-state index in [9.17, 15) is 24.0 Å². The summed E-state index contributed by atoms with van der Waals surface area (Å²) < 4.78 is 4.67. The molecule has 0 saturated carbocycles. The maximum Gasteiger partial charge on any atom is 0.407 e.